The molecule has 0 radical (unpaired) electrons. The first kappa shape index (κ1) is 12.1. The van der Waals surface area contributed by atoms with Crippen molar-refractivity contribution in [3.63, 3.8) is 0 Å². The molecular weight excluding hydrogens is 321 g/mol. The van der Waals surface area contributed by atoms with E-state index in [1.54, 1.807) is 6.07 Å². The number of anilines is 1. The Hall–Kier alpha value is -0.990. The number of carbonyl (C=O) groups is 1. The van der Waals surface area contributed by atoms with Crippen LogP contribution in [-0.4, -0.2) is 29.2 Å². The summed E-state index contributed by atoms with van der Waals surface area (Å²) < 4.78 is 24.8. The average molecular weight is 328 g/mol. The summed E-state index contributed by atoms with van der Waals surface area (Å²) in [6.45, 7) is -0.850. The number of amides is 1. The molecule has 0 bridgehead atoms. The molecule has 0 aliphatic carbocycles. The fourth-order valence-electron chi connectivity index (χ4n) is 0.985. The third kappa shape index (κ3) is 3.26. The molecule has 1 amide bonds. The Kier molecular flexibility index (Phi) is 4.18. The van der Waals surface area contributed by atoms with Crippen molar-refractivity contribution in [3.05, 3.63) is 22.0 Å². The van der Waals surface area contributed by atoms with Gasteiger partial charge in [-0.15, -0.1) is 0 Å². The van der Waals surface area contributed by atoms with Gasteiger partial charge < -0.3 is 5.11 Å². The summed E-state index contributed by atoms with van der Waals surface area (Å²) in [7, 11) is 0. The van der Waals surface area contributed by atoms with Crippen molar-refractivity contribution >= 4 is 34.4 Å². The summed E-state index contributed by atoms with van der Waals surface area (Å²) in [5, 5.41) is 8.76. The van der Waals surface area contributed by atoms with E-state index in [2.05, 4.69) is 4.98 Å². The molecule has 0 aliphatic heterocycles. The monoisotopic (exact) mass is 328 g/mol. The zero-order valence-electron chi connectivity index (χ0n) is 7.40. The Morgan fingerprint density at radius 1 is 1.67 bits per heavy atom. The molecule has 0 atom stereocenters. The zero-order valence-corrected chi connectivity index (χ0v) is 9.56. The maximum atomic E-state index is 12.1. The Balaban J connectivity index is 2.99. The van der Waals surface area contributed by atoms with Crippen LogP contribution in [0.4, 0.5) is 19.3 Å². The van der Waals surface area contributed by atoms with Gasteiger partial charge in [0, 0.05) is 9.77 Å². The molecule has 0 aliphatic rings. The van der Waals surface area contributed by atoms with Crippen LogP contribution in [0.15, 0.2) is 18.5 Å². The van der Waals surface area contributed by atoms with Gasteiger partial charge in [0.1, 0.15) is 0 Å². The Labute approximate surface area is 98.1 Å². The highest BCUT2D eigenvalue weighted by atomic mass is 127. The molecule has 1 aromatic heterocycles. The number of nitrogens with zero attached hydrogens (tertiary/aromatic N) is 2. The average Bonchev–Trinajstić information content (AvgIpc) is 2.15. The third-order valence-electron chi connectivity index (χ3n) is 1.59. The predicted octanol–water partition coefficient (Wildman–Crippen LogP) is 2.44. The van der Waals surface area contributed by atoms with E-state index < -0.39 is 19.1 Å². The summed E-state index contributed by atoms with van der Waals surface area (Å²) in [6.07, 6.45) is -1.41. The van der Waals surface area contributed by atoms with Crippen molar-refractivity contribution in [3.8, 4) is 0 Å². The van der Waals surface area contributed by atoms with Gasteiger partial charge in [0.05, 0.1) is 18.4 Å². The number of carboxylic acid groups (broad SMARTS) is 1. The van der Waals surface area contributed by atoms with Gasteiger partial charge in [-0.05, 0) is 28.7 Å². The van der Waals surface area contributed by atoms with Gasteiger partial charge in [-0.3, -0.25) is 9.88 Å². The molecule has 1 aromatic rings. The van der Waals surface area contributed by atoms with Crippen LogP contribution < -0.4 is 4.90 Å². The maximum absolute atomic E-state index is 12.1. The van der Waals surface area contributed by atoms with Gasteiger partial charge in [0.15, 0.2) is 0 Å². The molecule has 0 saturated heterocycles. The van der Waals surface area contributed by atoms with Crippen molar-refractivity contribution in [2.24, 2.45) is 0 Å². The Morgan fingerprint density at radius 3 is 2.80 bits per heavy atom. The molecular formula is C8H7F2IN2O2. The Bertz CT molecular complexity index is 362. The van der Waals surface area contributed by atoms with Crippen molar-refractivity contribution < 1.29 is 18.7 Å². The molecule has 0 spiro atoms. The number of aromatic nitrogens is 1. The topological polar surface area (TPSA) is 53.4 Å². The number of rotatable bonds is 3. The van der Waals surface area contributed by atoms with E-state index in [-0.39, 0.29) is 5.69 Å². The van der Waals surface area contributed by atoms with Crippen LogP contribution in [0.2, 0.25) is 0 Å². The second-order valence-corrected chi connectivity index (χ2v) is 3.77. The molecule has 0 fully saturated rings. The minimum Gasteiger partial charge on any atom is -0.465 e. The molecule has 0 unspecified atom stereocenters. The van der Waals surface area contributed by atoms with Gasteiger partial charge in [0.25, 0.3) is 6.43 Å². The number of halogens is 3. The fraction of sp³-hybridized carbons (Fsp3) is 0.250. The molecule has 1 heterocycles. The second kappa shape index (κ2) is 5.19. The smallest absolute Gasteiger partial charge is 0.412 e. The lowest BCUT2D eigenvalue weighted by atomic mass is 10.4. The lowest BCUT2D eigenvalue weighted by Gasteiger charge is -2.19. The summed E-state index contributed by atoms with van der Waals surface area (Å²) in [5.41, 5.74) is 0.172. The molecule has 7 heteroatoms. The molecule has 0 saturated carbocycles. The van der Waals surface area contributed by atoms with E-state index in [0.717, 1.165) is 0 Å². The van der Waals surface area contributed by atoms with Gasteiger partial charge in [-0.1, -0.05) is 0 Å². The second-order valence-electron chi connectivity index (χ2n) is 2.61. The summed E-state index contributed by atoms with van der Waals surface area (Å²) in [6, 6.07) is 1.55. The molecule has 4 nitrogen and oxygen atoms in total. The molecule has 0 aromatic carbocycles. The van der Waals surface area contributed by atoms with Gasteiger partial charge in [0.2, 0.25) is 0 Å². The van der Waals surface area contributed by atoms with E-state index in [9.17, 15) is 13.6 Å². The van der Waals surface area contributed by atoms with Crippen LogP contribution in [0, 0.1) is 3.57 Å². The van der Waals surface area contributed by atoms with Crippen molar-refractivity contribution in [1.82, 2.24) is 4.98 Å². The third-order valence-corrected chi connectivity index (χ3v) is 2.50. The summed E-state index contributed by atoms with van der Waals surface area (Å²) >= 11 is 1.87. The van der Waals surface area contributed by atoms with Crippen LogP contribution in [0.1, 0.15) is 0 Å². The van der Waals surface area contributed by atoms with Gasteiger partial charge >= 0.3 is 6.09 Å². The van der Waals surface area contributed by atoms with Gasteiger partial charge in [-0.2, -0.15) is 0 Å². The lowest BCUT2D eigenvalue weighted by molar-refractivity contribution is 0.148. The first-order valence-corrected chi connectivity index (χ1v) is 4.98. The van der Waals surface area contributed by atoms with E-state index in [4.69, 9.17) is 5.11 Å². The van der Waals surface area contributed by atoms with Crippen molar-refractivity contribution in [2.45, 2.75) is 6.43 Å². The van der Waals surface area contributed by atoms with Crippen molar-refractivity contribution in [1.29, 1.82) is 0 Å². The van der Waals surface area contributed by atoms with E-state index in [0.29, 0.717) is 8.47 Å². The quantitative estimate of drug-likeness (QED) is 0.867. The number of alkyl halides is 2. The first-order valence-electron chi connectivity index (χ1n) is 3.90. The summed E-state index contributed by atoms with van der Waals surface area (Å²) in [4.78, 5) is 15.0. The van der Waals surface area contributed by atoms with E-state index >= 15 is 0 Å². The van der Waals surface area contributed by atoms with Crippen LogP contribution in [0.25, 0.3) is 0 Å². The number of pyridine rings is 1. The fourth-order valence-corrected chi connectivity index (χ4v) is 1.58. The molecule has 1 N–H and O–H groups in total. The molecule has 1 rings (SSSR count). The van der Waals surface area contributed by atoms with E-state index in [1.807, 2.05) is 22.6 Å². The van der Waals surface area contributed by atoms with E-state index in [1.165, 1.54) is 12.4 Å². The summed E-state index contributed by atoms with van der Waals surface area (Å²) in [5.74, 6) is 0. The minimum absolute atomic E-state index is 0.172. The lowest BCUT2D eigenvalue weighted by Crippen LogP contribution is -2.34. The largest absolute Gasteiger partial charge is 0.465 e. The molecule has 82 valence electrons. The highest BCUT2D eigenvalue weighted by Crippen LogP contribution is 2.21. The Morgan fingerprint density at radius 2 is 2.33 bits per heavy atom. The van der Waals surface area contributed by atoms with Crippen molar-refractivity contribution in [2.75, 3.05) is 11.4 Å². The minimum atomic E-state index is -2.71. The first-order chi connectivity index (χ1) is 7.02. The predicted molar refractivity (Wildman–Crippen MR) is 58.3 cm³/mol. The van der Waals surface area contributed by atoms with Crippen LogP contribution in [0.5, 0.6) is 0 Å². The highest BCUT2D eigenvalue weighted by Gasteiger charge is 2.21. The number of hydrogen-bond donors (Lipinski definition) is 1. The van der Waals surface area contributed by atoms with Crippen LogP contribution in [-0.2, 0) is 0 Å². The SMILES string of the molecule is O=C(O)N(CC(F)F)c1cnccc1I. The van der Waals surface area contributed by atoms with Gasteiger partial charge in [-0.25, -0.2) is 13.6 Å². The maximum Gasteiger partial charge on any atom is 0.412 e. The highest BCUT2D eigenvalue weighted by molar-refractivity contribution is 14.1. The molecule has 15 heavy (non-hydrogen) atoms. The zero-order chi connectivity index (χ0) is 11.4. The normalized spacial score (nSPS) is 10.4. The van der Waals surface area contributed by atoms with Crippen LogP contribution in [0.3, 0.4) is 0 Å². The van der Waals surface area contributed by atoms with Crippen LogP contribution >= 0.6 is 22.6 Å². The number of hydrogen-bond acceptors (Lipinski definition) is 2. The standard InChI is InChI=1S/C8H7F2IN2O2/c9-7(10)4-13(8(14)15)6-3-12-2-1-5(6)11/h1-3,7H,4H2,(H,14,15).